The molecule has 2 aromatic rings. The van der Waals surface area contributed by atoms with E-state index in [0.717, 1.165) is 4.88 Å². The maximum absolute atomic E-state index is 12.3. The van der Waals surface area contributed by atoms with Crippen molar-refractivity contribution in [1.82, 2.24) is 9.27 Å². The number of urea groups is 1. The van der Waals surface area contributed by atoms with Crippen LogP contribution in [0.2, 0.25) is 5.02 Å². The Kier molecular flexibility index (Phi) is 4.35. The topological polar surface area (TPSA) is 83.6 Å². The number of benzene rings is 1. The molecule has 7 nitrogen and oxygen atoms in total. The second kappa shape index (κ2) is 6.43. The third kappa shape index (κ3) is 3.54. The Morgan fingerprint density at radius 1 is 1.57 bits per heavy atom. The molecule has 0 saturated heterocycles. The van der Waals surface area contributed by atoms with Crippen LogP contribution < -0.4 is 15.4 Å². The second-order valence-corrected chi connectivity index (χ2v) is 6.29. The van der Waals surface area contributed by atoms with E-state index >= 15 is 0 Å². The lowest BCUT2D eigenvalue weighted by molar-refractivity contribution is -0.118. The number of aromatic nitrogens is 1. The fourth-order valence-corrected chi connectivity index (χ4v) is 2.95. The Labute approximate surface area is 141 Å². The molecule has 0 radical (unpaired) electrons. The number of nitrogens with zero attached hydrogens (tertiary/aromatic N) is 2. The third-order valence-corrected chi connectivity index (χ3v) is 4.09. The molecule has 0 aliphatic carbocycles. The first-order valence-corrected chi connectivity index (χ1v) is 7.86. The van der Waals surface area contributed by atoms with Gasteiger partial charge in [-0.25, -0.2) is 9.17 Å². The van der Waals surface area contributed by atoms with Crippen LogP contribution in [0.1, 0.15) is 4.88 Å². The van der Waals surface area contributed by atoms with Crippen molar-refractivity contribution >= 4 is 46.4 Å². The van der Waals surface area contributed by atoms with Crippen LogP contribution >= 0.6 is 23.1 Å². The Bertz CT molecular complexity index is 751. The van der Waals surface area contributed by atoms with Gasteiger partial charge >= 0.3 is 6.03 Å². The Hall–Kier alpha value is -2.32. The number of amides is 3. The zero-order valence-corrected chi connectivity index (χ0v) is 13.7. The van der Waals surface area contributed by atoms with Gasteiger partial charge in [-0.2, -0.15) is 0 Å². The number of halogens is 1. The van der Waals surface area contributed by atoms with Crippen LogP contribution in [0.3, 0.4) is 0 Å². The maximum Gasteiger partial charge on any atom is 0.322 e. The number of nitrogens with one attached hydrogen (secondary N) is 2. The molecule has 0 spiro atoms. The smallest absolute Gasteiger partial charge is 0.322 e. The molecule has 0 unspecified atom stereocenters. The number of fused-ring (bicyclic) bond motifs is 1. The average Bonchev–Trinajstić information content (AvgIpc) is 2.99. The van der Waals surface area contributed by atoms with Gasteiger partial charge in [-0.3, -0.25) is 4.79 Å². The Balaban J connectivity index is 1.77. The monoisotopic (exact) mass is 352 g/mol. The highest BCUT2D eigenvalue weighted by Crippen LogP contribution is 2.38. The second-order valence-electron chi connectivity index (χ2n) is 4.93. The summed E-state index contributed by atoms with van der Waals surface area (Å²) in [5.41, 5.74) is 0.850. The molecule has 120 valence electrons. The lowest BCUT2D eigenvalue weighted by atomic mass is 10.2. The predicted octanol–water partition coefficient (Wildman–Crippen LogP) is 2.79. The first kappa shape index (κ1) is 15.6. The van der Waals surface area contributed by atoms with Crippen LogP contribution in [-0.4, -0.2) is 34.9 Å². The lowest BCUT2D eigenvalue weighted by Crippen LogP contribution is -2.31. The summed E-state index contributed by atoms with van der Waals surface area (Å²) in [7, 11) is 1.68. The van der Waals surface area contributed by atoms with Crippen molar-refractivity contribution in [3.63, 3.8) is 0 Å². The third-order valence-electron chi connectivity index (χ3n) is 3.15. The molecule has 1 aromatic carbocycles. The van der Waals surface area contributed by atoms with Gasteiger partial charge in [0, 0.05) is 23.1 Å². The summed E-state index contributed by atoms with van der Waals surface area (Å²) < 4.78 is 9.40. The Morgan fingerprint density at radius 2 is 2.39 bits per heavy atom. The van der Waals surface area contributed by atoms with Crippen LogP contribution in [-0.2, 0) is 11.3 Å². The standard InChI is InChI=1S/C14H13ClN4O3S/c1-19(6-9-2-3-16-23-9)14(21)18-11-5-8(15)4-10-13(11)22-7-12(20)17-10/h2-5H,6-7H2,1H3,(H,17,20)(H,18,21). The fraction of sp³-hybridized carbons (Fsp3) is 0.214. The van der Waals surface area contributed by atoms with Crippen molar-refractivity contribution in [1.29, 1.82) is 0 Å². The summed E-state index contributed by atoms with van der Waals surface area (Å²) in [5, 5.41) is 5.79. The van der Waals surface area contributed by atoms with Crippen molar-refractivity contribution in [3.8, 4) is 5.75 Å². The van der Waals surface area contributed by atoms with E-state index in [-0.39, 0.29) is 18.5 Å². The van der Waals surface area contributed by atoms with Gasteiger partial charge < -0.3 is 20.3 Å². The molecule has 2 N–H and O–H groups in total. The molecule has 3 amide bonds. The van der Waals surface area contributed by atoms with Gasteiger partial charge in [0.05, 0.1) is 17.9 Å². The summed E-state index contributed by atoms with van der Waals surface area (Å²) in [5.74, 6) is 0.132. The minimum absolute atomic E-state index is 0.103. The van der Waals surface area contributed by atoms with E-state index < -0.39 is 0 Å². The minimum atomic E-state index is -0.316. The number of hydrogen-bond acceptors (Lipinski definition) is 5. The molecule has 1 aliphatic rings. The summed E-state index contributed by atoms with van der Waals surface area (Å²) in [6.07, 6.45) is 1.69. The van der Waals surface area contributed by atoms with Gasteiger partial charge in [-0.15, -0.1) is 0 Å². The van der Waals surface area contributed by atoms with Gasteiger partial charge in [0.15, 0.2) is 12.4 Å². The average molecular weight is 353 g/mol. The molecule has 9 heteroatoms. The van der Waals surface area contributed by atoms with Crippen molar-refractivity contribution in [2.24, 2.45) is 0 Å². The summed E-state index contributed by atoms with van der Waals surface area (Å²) in [6.45, 7) is 0.338. The SMILES string of the molecule is CN(Cc1ccns1)C(=O)Nc1cc(Cl)cc2c1OCC(=O)N2. The number of anilines is 2. The van der Waals surface area contributed by atoms with Crippen LogP contribution in [0.25, 0.3) is 0 Å². The van der Waals surface area contributed by atoms with E-state index in [0.29, 0.717) is 28.7 Å². The molecule has 1 aliphatic heterocycles. The van der Waals surface area contributed by atoms with E-state index in [1.54, 1.807) is 25.4 Å². The largest absolute Gasteiger partial charge is 0.479 e. The number of ether oxygens (including phenoxy) is 1. The highest BCUT2D eigenvalue weighted by Gasteiger charge is 2.22. The molecule has 3 rings (SSSR count). The minimum Gasteiger partial charge on any atom is -0.479 e. The molecule has 0 fully saturated rings. The van der Waals surface area contributed by atoms with Gasteiger partial charge in [-0.1, -0.05) is 11.6 Å². The highest BCUT2D eigenvalue weighted by molar-refractivity contribution is 7.05. The first-order chi connectivity index (χ1) is 11.0. The van der Waals surface area contributed by atoms with Crippen molar-refractivity contribution < 1.29 is 14.3 Å². The molecule has 1 aromatic heterocycles. The lowest BCUT2D eigenvalue weighted by Gasteiger charge is -2.23. The molecule has 23 heavy (non-hydrogen) atoms. The van der Waals surface area contributed by atoms with Gasteiger partial charge in [-0.05, 0) is 29.7 Å². The predicted molar refractivity (Wildman–Crippen MR) is 88.2 cm³/mol. The van der Waals surface area contributed by atoms with E-state index in [1.807, 2.05) is 6.07 Å². The fourth-order valence-electron chi connectivity index (χ4n) is 2.10. The molecule has 2 heterocycles. The van der Waals surface area contributed by atoms with Crippen LogP contribution in [0.4, 0.5) is 16.2 Å². The summed E-state index contributed by atoms with van der Waals surface area (Å²) >= 11 is 7.36. The molecule has 0 bridgehead atoms. The van der Waals surface area contributed by atoms with Crippen molar-refractivity contribution in [2.75, 3.05) is 24.3 Å². The van der Waals surface area contributed by atoms with Crippen molar-refractivity contribution in [2.45, 2.75) is 6.54 Å². The van der Waals surface area contributed by atoms with Gasteiger partial charge in [0.25, 0.3) is 5.91 Å². The first-order valence-electron chi connectivity index (χ1n) is 6.71. The molecular weight excluding hydrogens is 340 g/mol. The van der Waals surface area contributed by atoms with E-state index in [9.17, 15) is 9.59 Å². The quantitative estimate of drug-likeness (QED) is 0.889. The molecular formula is C14H13ClN4O3S. The van der Waals surface area contributed by atoms with Gasteiger partial charge in [0.2, 0.25) is 0 Å². The highest BCUT2D eigenvalue weighted by atomic mass is 35.5. The van der Waals surface area contributed by atoms with Crippen molar-refractivity contribution in [3.05, 3.63) is 34.3 Å². The number of carbonyl (C=O) groups excluding carboxylic acids is 2. The van der Waals surface area contributed by atoms with E-state index in [1.165, 1.54) is 16.4 Å². The van der Waals surface area contributed by atoms with E-state index in [4.69, 9.17) is 16.3 Å². The number of rotatable bonds is 3. The van der Waals surface area contributed by atoms with Crippen LogP contribution in [0.5, 0.6) is 5.75 Å². The zero-order valence-electron chi connectivity index (χ0n) is 12.1. The summed E-state index contributed by atoms with van der Waals surface area (Å²) in [4.78, 5) is 26.2. The maximum atomic E-state index is 12.3. The number of hydrogen-bond donors (Lipinski definition) is 2. The van der Waals surface area contributed by atoms with Gasteiger partial charge in [0.1, 0.15) is 0 Å². The molecule has 0 saturated carbocycles. The zero-order chi connectivity index (χ0) is 16.4. The number of carbonyl (C=O) groups is 2. The molecule has 0 atom stereocenters. The normalized spacial score (nSPS) is 12.9. The van der Waals surface area contributed by atoms with Crippen LogP contribution in [0.15, 0.2) is 24.4 Å². The van der Waals surface area contributed by atoms with Crippen LogP contribution in [0, 0.1) is 0 Å². The van der Waals surface area contributed by atoms with E-state index in [2.05, 4.69) is 15.0 Å². The summed E-state index contributed by atoms with van der Waals surface area (Å²) in [6, 6.07) is 4.69. The Morgan fingerprint density at radius 3 is 3.13 bits per heavy atom.